The van der Waals surface area contributed by atoms with Crippen LogP contribution in [-0.4, -0.2) is 0 Å². The van der Waals surface area contributed by atoms with Crippen LogP contribution < -0.4 is 0 Å². The number of allylic oxidation sites excluding steroid dienone is 1. The number of hydrogen-bond donors (Lipinski definition) is 0. The van der Waals surface area contributed by atoms with Crippen LogP contribution in [0.15, 0.2) is 12.2 Å². The normalized spacial score (nSPS) is 14.6. The van der Waals surface area contributed by atoms with E-state index >= 15 is 0 Å². The lowest BCUT2D eigenvalue weighted by molar-refractivity contribution is 0.231. The molecule has 0 saturated carbocycles. The molecule has 0 radical (unpaired) electrons. The highest BCUT2D eigenvalue weighted by atomic mass is 14.3. The first kappa shape index (κ1) is 10.7. The third-order valence-corrected chi connectivity index (χ3v) is 2.86. The van der Waals surface area contributed by atoms with E-state index in [9.17, 15) is 0 Å². The van der Waals surface area contributed by atoms with Gasteiger partial charge in [-0.15, -0.1) is 0 Å². The predicted molar refractivity (Wildman–Crippen MR) is 52.7 cm³/mol. The largest absolute Gasteiger partial charge is 0.0998 e. The monoisotopic (exact) mass is 154 g/mol. The van der Waals surface area contributed by atoms with Gasteiger partial charge in [0.15, 0.2) is 0 Å². The van der Waals surface area contributed by atoms with Gasteiger partial charge in [0.25, 0.3) is 0 Å². The summed E-state index contributed by atoms with van der Waals surface area (Å²) in [6.45, 7) is 15.3. The van der Waals surface area contributed by atoms with Crippen LogP contribution in [0.3, 0.4) is 0 Å². The maximum Gasteiger partial charge on any atom is -0.0160 e. The van der Waals surface area contributed by atoms with Gasteiger partial charge in [-0.05, 0) is 24.7 Å². The fourth-order valence-electron chi connectivity index (χ4n) is 1.81. The Morgan fingerprint density at radius 3 is 1.91 bits per heavy atom. The van der Waals surface area contributed by atoms with E-state index < -0.39 is 0 Å². The van der Waals surface area contributed by atoms with E-state index in [0.29, 0.717) is 11.3 Å². The Labute approximate surface area is 71.7 Å². The Balaban J connectivity index is 4.36. The second-order valence-electron chi connectivity index (χ2n) is 4.15. The van der Waals surface area contributed by atoms with Gasteiger partial charge in [0.05, 0.1) is 0 Å². The van der Waals surface area contributed by atoms with E-state index in [1.165, 1.54) is 18.4 Å². The minimum Gasteiger partial charge on any atom is -0.0998 e. The zero-order valence-corrected chi connectivity index (χ0v) is 8.70. The van der Waals surface area contributed by atoms with Crippen molar-refractivity contribution in [3.05, 3.63) is 12.2 Å². The fourth-order valence-corrected chi connectivity index (χ4v) is 1.81. The summed E-state index contributed by atoms with van der Waals surface area (Å²) < 4.78 is 0. The first-order chi connectivity index (χ1) is 4.95. The molecule has 0 aromatic carbocycles. The lowest BCUT2D eigenvalue weighted by Crippen LogP contribution is -2.23. The molecular weight excluding hydrogens is 132 g/mol. The Morgan fingerprint density at radius 2 is 1.82 bits per heavy atom. The smallest absolute Gasteiger partial charge is 0.0160 e. The second kappa shape index (κ2) is 3.94. The van der Waals surface area contributed by atoms with Gasteiger partial charge in [-0.25, -0.2) is 0 Å². The average molecular weight is 154 g/mol. The van der Waals surface area contributed by atoms with Crippen LogP contribution in [0, 0.1) is 11.3 Å². The maximum absolute atomic E-state index is 4.04. The van der Waals surface area contributed by atoms with Crippen molar-refractivity contribution in [3.63, 3.8) is 0 Å². The molecule has 0 spiro atoms. The lowest BCUT2D eigenvalue weighted by atomic mass is 9.72. The van der Waals surface area contributed by atoms with E-state index in [1.807, 2.05) is 0 Å². The van der Waals surface area contributed by atoms with Crippen molar-refractivity contribution in [2.75, 3.05) is 0 Å². The van der Waals surface area contributed by atoms with Crippen molar-refractivity contribution in [1.82, 2.24) is 0 Å². The van der Waals surface area contributed by atoms with Crippen molar-refractivity contribution in [2.45, 2.75) is 47.5 Å². The summed E-state index contributed by atoms with van der Waals surface area (Å²) in [5.41, 5.74) is 1.76. The molecule has 66 valence electrons. The molecule has 0 N–H and O–H groups in total. The minimum absolute atomic E-state index is 0.431. The molecule has 0 amide bonds. The molecule has 0 aliphatic carbocycles. The van der Waals surface area contributed by atoms with Crippen LogP contribution in [0.2, 0.25) is 0 Å². The lowest BCUT2D eigenvalue weighted by Gasteiger charge is -2.33. The van der Waals surface area contributed by atoms with Crippen molar-refractivity contribution < 1.29 is 0 Å². The van der Waals surface area contributed by atoms with E-state index in [-0.39, 0.29) is 0 Å². The molecule has 0 saturated heterocycles. The molecular formula is C11H22. The van der Waals surface area contributed by atoms with Crippen molar-refractivity contribution in [1.29, 1.82) is 0 Å². The fraction of sp³-hybridized carbons (Fsp3) is 0.818. The van der Waals surface area contributed by atoms with Crippen LogP contribution in [0.25, 0.3) is 0 Å². The van der Waals surface area contributed by atoms with Gasteiger partial charge in [0, 0.05) is 0 Å². The number of rotatable bonds is 4. The van der Waals surface area contributed by atoms with Gasteiger partial charge >= 0.3 is 0 Å². The first-order valence-electron chi connectivity index (χ1n) is 4.61. The quantitative estimate of drug-likeness (QED) is 0.536. The second-order valence-corrected chi connectivity index (χ2v) is 4.15. The highest BCUT2D eigenvalue weighted by Gasteiger charge is 2.26. The Bertz CT molecular complexity index is 131. The van der Waals surface area contributed by atoms with Crippen LogP contribution in [0.1, 0.15) is 47.5 Å². The number of hydrogen-bond acceptors (Lipinski definition) is 0. The zero-order valence-electron chi connectivity index (χ0n) is 8.70. The van der Waals surface area contributed by atoms with Gasteiger partial charge < -0.3 is 0 Å². The van der Waals surface area contributed by atoms with E-state index in [2.05, 4.69) is 41.2 Å². The van der Waals surface area contributed by atoms with Crippen molar-refractivity contribution in [2.24, 2.45) is 11.3 Å². The Hall–Kier alpha value is -0.260. The molecule has 0 rings (SSSR count). The SMILES string of the molecule is C=C(C)C(CC)C(C)(C)CC. The predicted octanol–water partition coefficient (Wildman–Crippen LogP) is 4.02. The van der Waals surface area contributed by atoms with Crippen LogP contribution in [0.4, 0.5) is 0 Å². The zero-order chi connectivity index (χ0) is 9.07. The van der Waals surface area contributed by atoms with Crippen molar-refractivity contribution >= 4 is 0 Å². The molecule has 0 aromatic rings. The molecule has 0 fully saturated rings. The highest BCUT2D eigenvalue weighted by molar-refractivity contribution is 5.01. The van der Waals surface area contributed by atoms with Gasteiger partial charge in [-0.2, -0.15) is 0 Å². The Morgan fingerprint density at radius 1 is 1.36 bits per heavy atom. The molecule has 1 atom stereocenters. The van der Waals surface area contributed by atoms with Crippen molar-refractivity contribution in [3.8, 4) is 0 Å². The molecule has 0 heteroatoms. The van der Waals surface area contributed by atoms with Crippen LogP contribution >= 0.6 is 0 Å². The van der Waals surface area contributed by atoms with Gasteiger partial charge in [-0.3, -0.25) is 0 Å². The molecule has 0 heterocycles. The topological polar surface area (TPSA) is 0 Å². The summed E-state index contributed by atoms with van der Waals surface area (Å²) >= 11 is 0. The third kappa shape index (κ3) is 2.69. The molecule has 0 aliphatic heterocycles. The van der Waals surface area contributed by atoms with E-state index in [0.717, 1.165) is 0 Å². The summed E-state index contributed by atoms with van der Waals surface area (Å²) in [5.74, 6) is 0.687. The maximum atomic E-state index is 4.04. The molecule has 0 aliphatic rings. The highest BCUT2D eigenvalue weighted by Crippen LogP contribution is 2.36. The molecule has 11 heavy (non-hydrogen) atoms. The minimum atomic E-state index is 0.431. The summed E-state index contributed by atoms with van der Waals surface area (Å²) in [6.07, 6.45) is 2.45. The third-order valence-electron chi connectivity index (χ3n) is 2.86. The van der Waals surface area contributed by atoms with Gasteiger partial charge in [0.2, 0.25) is 0 Å². The Kier molecular flexibility index (Phi) is 3.85. The molecule has 0 nitrogen and oxygen atoms in total. The summed E-state index contributed by atoms with van der Waals surface area (Å²) in [6, 6.07) is 0. The van der Waals surface area contributed by atoms with Gasteiger partial charge in [-0.1, -0.05) is 46.3 Å². The summed E-state index contributed by atoms with van der Waals surface area (Å²) in [5, 5.41) is 0. The molecule has 0 aromatic heterocycles. The first-order valence-corrected chi connectivity index (χ1v) is 4.61. The van der Waals surface area contributed by atoms with Crippen LogP contribution in [0.5, 0.6) is 0 Å². The van der Waals surface area contributed by atoms with Crippen LogP contribution in [-0.2, 0) is 0 Å². The summed E-state index contributed by atoms with van der Waals surface area (Å²) in [4.78, 5) is 0. The average Bonchev–Trinajstić information content (AvgIpc) is 1.88. The summed E-state index contributed by atoms with van der Waals surface area (Å²) in [7, 11) is 0. The molecule has 0 bridgehead atoms. The molecule has 1 unspecified atom stereocenters. The standard InChI is InChI=1S/C11H22/c1-7-10(9(3)4)11(5,6)8-2/h10H,3,7-8H2,1-2,4-6H3. The van der Waals surface area contributed by atoms with E-state index in [4.69, 9.17) is 0 Å². The van der Waals surface area contributed by atoms with E-state index in [1.54, 1.807) is 0 Å². The van der Waals surface area contributed by atoms with Gasteiger partial charge in [0.1, 0.15) is 0 Å².